The molecular formula is C12H18O4S. The molecule has 1 unspecified atom stereocenters. The average molecular weight is 258 g/mol. The lowest BCUT2D eigenvalue weighted by Crippen LogP contribution is -2.08. The van der Waals surface area contributed by atoms with E-state index in [2.05, 4.69) is 0 Å². The first-order valence-electron chi connectivity index (χ1n) is 5.71. The van der Waals surface area contributed by atoms with Crippen molar-refractivity contribution in [2.75, 3.05) is 6.61 Å². The SMILES string of the molecule is CCCc1cc(OCCC(C)O)c(C(=O)O)s1. The molecule has 1 heterocycles. The van der Waals surface area contributed by atoms with Gasteiger partial charge in [0.1, 0.15) is 5.75 Å². The van der Waals surface area contributed by atoms with Crippen LogP contribution in [0.2, 0.25) is 0 Å². The van der Waals surface area contributed by atoms with Crippen LogP contribution in [0.3, 0.4) is 0 Å². The number of thiophene rings is 1. The number of ether oxygens (including phenoxy) is 1. The van der Waals surface area contributed by atoms with Crippen LogP contribution in [0, 0.1) is 0 Å². The molecule has 0 fully saturated rings. The summed E-state index contributed by atoms with van der Waals surface area (Å²) in [6.07, 6.45) is 1.91. The molecule has 0 radical (unpaired) electrons. The summed E-state index contributed by atoms with van der Waals surface area (Å²) in [6, 6.07) is 1.79. The highest BCUT2D eigenvalue weighted by Crippen LogP contribution is 2.30. The van der Waals surface area contributed by atoms with Gasteiger partial charge in [0.05, 0.1) is 12.7 Å². The summed E-state index contributed by atoms with van der Waals surface area (Å²) in [5, 5.41) is 18.1. The summed E-state index contributed by atoms with van der Waals surface area (Å²) >= 11 is 1.26. The zero-order valence-corrected chi connectivity index (χ0v) is 10.9. The highest BCUT2D eigenvalue weighted by molar-refractivity contribution is 7.14. The van der Waals surface area contributed by atoms with E-state index in [1.165, 1.54) is 11.3 Å². The number of aliphatic hydroxyl groups is 1. The molecule has 0 aromatic carbocycles. The number of aryl methyl sites for hydroxylation is 1. The minimum absolute atomic E-state index is 0.249. The zero-order valence-electron chi connectivity index (χ0n) is 10.1. The van der Waals surface area contributed by atoms with E-state index >= 15 is 0 Å². The van der Waals surface area contributed by atoms with Crippen molar-refractivity contribution < 1.29 is 19.7 Å². The molecule has 0 saturated heterocycles. The molecule has 2 N–H and O–H groups in total. The van der Waals surface area contributed by atoms with Crippen LogP contribution in [0.4, 0.5) is 0 Å². The summed E-state index contributed by atoms with van der Waals surface area (Å²) in [6.45, 7) is 4.06. The van der Waals surface area contributed by atoms with Crippen LogP contribution >= 0.6 is 11.3 Å². The van der Waals surface area contributed by atoms with Crippen LogP contribution in [0.15, 0.2) is 6.07 Å². The average Bonchev–Trinajstić information content (AvgIpc) is 2.61. The van der Waals surface area contributed by atoms with Crippen LogP contribution in [0.25, 0.3) is 0 Å². The van der Waals surface area contributed by atoms with Crippen molar-refractivity contribution in [3.05, 3.63) is 15.8 Å². The number of carboxylic acid groups (broad SMARTS) is 1. The van der Waals surface area contributed by atoms with Gasteiger partial charge in [-0.25, -0.2) is 4.79 Å². The molecule has 0 saturated carbocycles. The van der Waals surface area contributed by atoms with Gasteiger partial charge in [-0.3, -0.25) is 0 Å². The standard InChI is InChI=1S/C12H18O4S/c1-3-4-9-7-10(11(17-9)12(14)15)16-6-5-8(2)13/h7-8,13H,3-6H2,1-2H3,(H,14,15). The van der Waals surface area contributed by atoms with E-state index in [1.807, 2.05) is 6.92 Å². The quantitative estimate of drug-likeness (QED) is 0.788. The van der Waals surface area contributed by atoms with Gasteiger partial charge in [0, 0.05) is 11.3 Å². The molecule has 1 atom stereocenters. The molecule has 0 spiro atoms. The van der Waals surface area contributed by atoms with Gasteiger partial charge in [0.2, 0.25) is 0 Å². The van der Waals surface area contributed by atoms with Crippen molar-refractivity contribution in [1.29, 1.82) is 0 Å². The molecule has 0 bridgehead atoms. The number of rotatable bonds is 7. The van der Waals surface area contributed by atoms with Gasteiger partial charge in [-0.2, -0.15) is 0 Å². The first-order chi connectivity index (χ1) is 8.04. The first-order valence-corrected chi connectivity index (χ1v) is 6.53. The lowest BCUT2D eigenvalue weighted by Gasteiger charge is -2.06. The Labute approximate surface area is 105 Å². The Kier molecular flexibility index (Phi) is 5.44. The molecule has 1 aromatic rings. The molecule has 17 heavy (non-hydrogen) atoms. The summed E-state index contributed by atoms with van der Waals surface area (Å²) in [4.78, 5) is 12.3. The zero-order chi connectivity index (χ0) is 12.8. The molecular weight excluding hydrogens is 240 g/mol. The van der Waals surface area contributed by atoms with Gasteiger partial charge in [0.15, 0.2) is 4.88 Å². The predicted octanol–water partition coefficient (Wildman–Crippen LogP) is 2.55. The molecule has 0 amide bonds. The van der Waals surface area contributed by atoms with E-state index in [-0.39, 0.29) is 4.88 Å². The van der Waals surface area contributed by atoms with Crippen molar-refractivity contribution in [1.82, 2.24) is 0 Å². The van der Waals surface area contributed by atoms with Gasteiger partial charge in [-0.1, -0.05) is 13.3 Å². The molecule has 0 aliphatic heterocycles. The number of carboxylic acids is 1. The van der Waals surface area contributed by atoms with Crippen LogP contribution in [0.1, 0.15) is 41.2 Å². The monoisotopic (exact) mass is 258 g/mol. The Morgan fingerprint density at radius 1 is 1.59 bits per heavy atom. The smallest absolute Gasteiger partial charge is 0.349 e. The number of carbonyl (C=O) groups is 1. The fourth-order valence-electron chi connectivity index (χ4n) is 1.39. The topological polar surface area (TPSA) is 66.8 Å². The molecule has 5 heteroatoms. The summed E-state index contributed by atoms with van der Waals surface area (Å²) in [5.41, 5.74) is 0. The van der Waals surface area contributed by atoms with Gasteiger partial charge in [-0.15, -0.1) is 11.3 Å². The van der Waals surface area contributed by atoms with E-state index in [0.717, 1.165) is 17.7 Å². The predicted molar refractivity (Wildman–Crippen MR) is 67.1 cm³/mol. The molecule has 1 aromatic heterocycles. The number of hydrogen-bond donors (Lipinski definition) is 2. The second kappa shape index (κ2) is 6.61. The highest BCUT2D eigenvalue weighted by Gasteiger charge is 2.16. The minimum Gasteiger partial charge on any atom is -0.492 e. The largest absolute Gasteiger partial charge is 0.492 e. The lowest BCUT2D eigenvalue weighted by atomic mass is 10.3. The van der Waals surface area contributed by atoms with Gasteiger partial charge in [0.25, 0.3) is 0 Å². The second-order valence-electron chi connectivity index (χ2n) is 3.95. The Morgan fingerprint density at radius 3 is 2.82 bits per heavy atom. The molecule has 4 nitrogen and oxygen atoms in total. The third kappa shape index (κ3) is 4.36. The highest BCUT2D eigenvalue weighted by atomic mass is 32.1. The van der Waals surface area contributed by atoms with Gasteiger partial charge < -0.3 is 14.9 Å². The van der Waals surface area contributed by atoms with Crippen LogP contribution in [0.5, 0.6) is 5.75 Å². The maximum Gasteiger partial charge on any atom is 0.349 e. The third-order valence-corrected chi connectivity index (χ3v) is 3.40. The maximum atomic E-state index is 11.0. The summed E-state index contributed by atoms with van der Waals surface area (Å²) < 4.78 is 5.41. The van der Waals surface area contributed by atoms with E-state index in [4.69, 9.17) is 14.9 Å². The molecule has 0 aliphatic carbocycles. The van der Waals surface area contributed by atoms with E-state index in [1.54, 1.807) is 13.0 Å². The van der Waals surface area contributed by atoms with Crippen molar-refractivity contribution in [2.45, 2.75) is 39.2 Å². The number of aliphatic hydroxyl groups excluding tert-OH is 1. The Bertz CT molecular complexity index is 371. The molecule has 96 valence electrons. The number of aromatic carboxylic acids is 1. The van der Waals surface area contributed by atoms with Gasteiger partial charge in [-0.05, 0) is 19.4 Å². The fraction of sp³-hybridized carbons (Fsp3) is 0.583. The first kappa shape index (κ1) is 14.0. The fourth-order valence-corrected chi connectivity index (χ4v) is 2.43. The Morgan fingerprint density at radius 2 is 2.29 bits per heavy atom. The van der Waals surface area contributed by atoms with Gasteiger partial charge >= 0.3 is 5.97 Å². The molecule has 1 rings (SSSR count). The van der Waals surface area contributed by atoms with Crippen molar-refractivity contribution in [3.8, 4) is 5.75 Å². The second-order valence-corrected chi connectivity index (χ2v) is 5.08. The molecule has 0 aliphatic rings. The van der Waals surface area contributed by atoms with Crippen LogP contribution < -0.4 is 4.74 Å². The lowest BCUT2D eigenvalue weighted by molar-refractivity contribution is 0.0697. The van der Waals surface area contributed by atoms with E-state index in [0.29, 0.717) is 18.8 Å². The normalized spacial score (nSPS) is 12.4. The van der Waals surface area contributed by atoms with Crippen LogP contribution in [-0.4, -0.2) is 28.9 Å². The Balaban J connectivity index is 2.70. The van der Waals surface area contributed by atoms with E-state index < -0.39 is 12.1 Å². The number of hydrogen-bond acceptors (Lipinski definition) is 4. The Hall–Kier alpha value is -1.07. The summed E-state index contributed by atoms with van der Waals surface area (Å²) in [5.74, 6) is -0.531. The maximum absolute atomic E-state index is 11.0. The van der Waals surface area contributed by atoms with E-state index in [9.17, 15) is 4.79 Å². The van der Waals surface area contributed by atoms with Crippen molar-refractivity contribution >= 4 is 17.3 Å². The third-order valence-electron chi connectivity index (χ3n) is 2.23. The van der Waals surface area contributed by atoms with Crippen molar-refractivity contribution in [3.63, 3.8) is 0 Å². The minimum atomic E-state index is -0.954. The van der Waals surface area contributed by atoms with Crippen molar-refractivity contribution in [2.24, 2.45) is 0 Å². The van der Waals surface area contributed by atoms with Crippen LogP contribution in [-0.2, 0) is 6.42 Å². The summed E-state index contributed by atoms with van der Waals surface area (Å²) in [7, 11) is 0.